The number of aromatic nitrogens is 4. The monoisotopic (exact) mass is 376 g/mol. The van der Waals surface area contributed by atoms with Gasteiger partial charge in [-0.1, -0.05) is 18.2 Å². The summed E-state index contributed by atoms with van der Waals surface area (Å²) in [5.74, 6) is 0.873. The Bertz CT molecular complexity index is 946. The molecule has 1 amide bonds. The Labute approximate surface area is 164 Å². The number of rotatable bonds is 4. The minimum Gasteiger partial charge on any atom is -0.339 e. The standard InChI is InChI=1S/C21H24N6O/c1-16-19(17(2)27(24-16)18-7-4-3-5-8-18)15-20(28)25-11-13-26(14-12-25)21-22-9-6-10-23-21/h3-10H,11-15H2,1-2H3. The van der Waals surface area contributed by atoms with E-state index in [1.165, 1.54) is 0 Å². The molecule has 28 heavy (non-hydrogen) atoms. The molecule has 0 bridgehead atoms. The highest BCUT2D eigenvalue weighted by molar-refractivity contribution is 5.79. The summed E-state index contributed by atoms with van der Waals surface area (Å²) in [5.41, 5.74) is 3.96. The third-order valence-electron chi connectivity index (χ3n) is 5.24. The SMILES string of the molecule is Cc1nn(-c2ccccc2)c(C)c1CC(=O)N1CCN(c2ncccn2)CC1. The van der Waals surface area contributed by atoms with Gasteiger partial charge in [0.15, 0.2) is 0 Å². The Morgan fingerprint density at radius 1 is 0.964 bits per heavy atom. The second kappa shape index (κ2) is 7.80. The first-order chi connectivity index (χ1) is 13.6. The van der Waals surface area contributed by atoms with Crippen molar-refractivity contribution in [1.29, 1.82) is 0 Å². The molecule has 4 rings (SSSR count). The van der Waals surface area contributed by atoms with Crippen molar-refractivity contribution in [1.82, 2.24) is 24.6 Å². The molecule has 1 saturated heterocycles. The Balaban J connectivity index is 1.43. The predicted molar refractivity (Wildman–Crippen MR) is 108 cm³/mol. The second-order valence-corrected chi connectivity index (χ2v) is 6.99. The fourth-order valence-corrected chi connectivity index (χ4v) is 3.62. The lowest BCUT2D eigenvalue weighted by atomic mass is 10.1. The van der Waals surface area contributed by atoms with E-state index in [1.54, 1.807) is 12.4 Å². The minimum atomic E-state index is 0.146. The number of hydrogen-bond acceptors (Lipinski definition) is 5. The van der Waals surface area contributed by atoms with Gasteiger partial charge >= 0.3 is 0 Å². The van der Waals surface area contributed by atoms with Crippen LogP contribution in [0.3, 0.4) is 0 Å². The van der Waals surface area contributed by atoms with Gasteiger partial charge in [-0.2, -0.15) is 5.10 Å². The summed E-state index contributed by atoms with van der Waals surface area (Å²) in [6.07, 6.45) is 3.87. The number of anilines is 1. The first-order valence-electron chi connectivity index (χ1n) is 9.54. The van der Waals surface area contributed by atoms with Crippen LogP contribution in [0.15, 0.2) is 48.8 Å². The van der Waals surface area contributed by atoms with Crippen LogP contribution < -0.4 is 4.90 Å². The third-order valence-corrected chi connectivity index (χ3v) is 5.24. The number of carbonyl (C=O) groups is 1. The molecule has 1 fully saturated rings. The molecule has 0 unspecified atom stereocenters. The van der Waals surface area contributed by atoms with E-state index in [0.29, 0.717) is 19.5 Å². The number of para-hydroxylation sites is 1. The van der Waals surface area contributed by atoms with Crippen LogP contribution in [0.2, 0.25) is 0 Å². The molecule has 0 atom stereocenters. The molecule has 7 nitrogen and oxygen atoms in total. The zero-order chi connectivity index (χ0) is 19.5. The molecule has 1 aliphatic heterocycles. The number of nitrogens with zero attached hydrogens (tertiary/aromatic N) is 6. The van der Waals surface area contributed by atoms with Crippen LogP contribution in [-0.4, -0.2) is 56.7 Å². The molecule has 2 aromatic heterocycles. The summed E-state index contributed by atoms with van der Waals surface area (Å²) < 4.78 is 1.92. The number of amides is 1. The zero-order valence-electron chi connectivity index (χ0n) is 16.2. The largest absolute Gasteiger partial charge is 0.339 e. The summed E-state index contributed by atoms with van der Waals surface area (Å²) in [5, 5.41) is 4.65. The lowest BCUT2D eigenvalue weighted by Crippen LogP contribution is -2.49. The van der Waals surface area contributed by atoms with Crippen LogP contribution in [0.5, 0.6) is 0 Å². The van der Waals surface area contributed by atoms with Gasteiger partial charge < -0.3 is 9.80 Å². The van der Waals surface area contributed by atoms with Crippen molar-refractivity contribution >= 4 is 11.9 Å². The molecule has 144 valence electrons. The van der Waals surface area contributed by atoms with Gasteiger partial charge in [0.25, 0.3) is 0 Å². The minimum absolute atomic E-state index is 0.146. The molecule has 0 aliphatic carbocycles. The topological polar surface area (TPSA) is 67.2 Å². The van der Waals surface area contributed by atoms with Crippen LogP contribution >= 0.6 is 0 Å². The molecule has 1 aromatic carbocycles. The molecule has 0 radical (unpaired) electrons. The first-order valence-corrected chi connectivity index (χ1v) is 9.54. The lowest BCUT2D eigenvalue weighted by Gasteiger charge is -2.34. The fourth-order valence-electron chi connectivity index (χ4n) is 3.62. The van der Waals surface area contributed by atoms with Crippen molar-refractivity contribution in [3.8, 4) is 5.69 Å². The molecular weight excluding hydrogens is 352 g/mol. The van der Waals surface area contributed by atoms with Crippen LogP contribution in [0.4, 0.5) is 5.95 Å². The molecule has 3 heterocycles. The van der Waals surface area contributed by atoms with Gasteiger partial charge in [-0.15, -0.1) is 0 Å². The third kappa shape index (κ3) is 3.60. The Morgan fingerprint density at radius 3 is 2.32 bits per heavy atom. The summed E-state index contributed by atoms with van der Waals surface area (Å²) in [4.78, 5) is 25.5. The van der Waals surface area contributed by atoms with Gasteiger partial charge in [0.1, 0.15) is 0 Å². The molecule has 0 spiro atoms. The maximum absolute atomic E-state index is 12.9. The van der Waals surface area contributed by atoms with Crippen molar-refractivity contribution in [2.75, 3.05) is 31.1 Å². The molecule has 7 heteroatoms. The van der Waals surface area contributed by atoms with Gasteiger partial charge in [-0.05, 0) is 32.0 Å². The van der Waals surface area contributed by atoms with E-state index >= 15 is 0 Å². The number of carbonyl (C=O) groups excluding carboxylic acids is 1. The van der Waals surface area contributed by atoms with E-state index in [4.69, 9.17) is 0 Å². The maximum Gasteiger partial charge on any atom is 0.227 e. The van der Waals surface area contributed by atoms with E-state index in [1.807, 2.05) is 59.8 Å². The van der Waals surface area contributed by atoms with Crippen LogP contribution in [-0.2, 0) is 11.2 Å². The summed E-state index contributed by atoms with van der Waals surface area (Å²) in [6.45, 7) is 6.86. The molecule has 0 saturated carbocycles. The quantitative estimate of drug-likeness (QED) is 0.698. The highest BCUT2D eigenvalue weighted by Gasteiger charge is 2.24. The number of benzene rings is 1. The summed E-state index contributed by atoms with van der Waals surface area (Å²) in [7, 11) is 0. The van der Waals surface area contributed by atoms with Crippen molar-refractivity contribution in [2.45, 2.75) is 20.3 Å². The van der Waals surface area contributed by atoms with Crippen LogP contribution in [0.25, 0.3) is 5.69 Å². The van der Waals surface area contributed by atoms with E-state index in [2.05, 4.69) is 20.0 Å². The van der Waals surface area contributed by atoms with E-state index in [-0.39, 0.29) is 5.91 Å². The molecule has 0 N–H and O–H groups in total. The predicted octanol–water partition coefficient (Wildman–Crippen LogP) is 2.17. The number of hydrogen-bond donors (Lipinski definition) is 0. The van der Waals surface area contributed by atoms with Gasteiger partial charge in [0.05, 0.1) is 17.8 Å². The van der Waals surface area contributed by atoms with Crippen molar-refractivity contribution in [2.24, 2.45) is 0 Å². The van der Waals surface area contributed by atoms with Crippen molar-refractivity contribution < 1.29 is 4.79 Å². The van der Waals surface area contributed by atoms with Crippen molar-refractivity contribution in [3.05, 3.63) is 65.7 Å². The zero-order valence-corrected chi connectivity index (χ0v) is 16.2. The highest BCUT2D eigenvalue weighted by atomic mass is 16.2. The summed E-state index contributed by atoms with van der Waals surface area (Å²) >= 11 is 0. The summed E-state index contributed by atoms with van der Waals surface area (Å²) in [6, 6.07) is 11.8. The van der Waals surface area contributed by atoms with Gasteiger partial charge in [0, 0.05) is 49.8 Å². The average molecular weight is 376 g/mol. The molecular formula is C21H24N6O. The molecule has 1 aliphatic rings. The van der Waals surface area contributed by atoms with E-state index in [9.17, 15) is 4.79 Å². The van der Waals surface area contributed by atoms with Crippen LogP contribution in [0, 0.1) is 13.8 Å². The van der Waals surface area contributed by atoms with E-state index < -0.39 is 0 Å². The van der Waals surface area contributed by atoms with E-state index in [0.717, 1.165) is 41.7 Å². The maximum atomic E-state index is 12.9. The first kappa shape index (κ1) is 18.2. The number of piperazine rings is 1. The normalized spacial score (nSPS) is 14.4. The number of aryl methyl sites for hydroxylation is 1. The highest BCUT2D eigenvalue weighted by Crippen LogP contribution is 2.19. The Kier molecular flexibility index (Phi) is 5.06. The van der Waals surface area contributed by atoms with Gasteiger partial charge in [-0.3, -0.25) is 4.79 Å². The second-order valence-electron chi connectivity index (χ2n) is 6.99. The lowest BCUT2D eigenvalue weighted by molar-refractivity contribution is -0.130. The van der Waals surface area contributed by atoms with Crippen LogP contribution in [0.1, 0.15) is 17.0 Å². The van der Waals surface area contributed by atoms with Crippen molar-refractivity contribution in [3.63, 3.8) is 0 Å². The average Bonchev–Trinajstić information content (AvgIpc) is 3.03. The van der Waals surface area contributed by atoms with Gasteiger partial charge in [-0.25, -0.2) is 14.6 Å². The molecule has 3 aromatic rings. The fraction of sp³-hybridized carbons (Fsp3) is 0.333. The Hall–Kier alpha value is -3.22. The smallest absolute Gasteiger partial charge is 0.227 e. The Morgan fingerprint density at radius 2 is 1.64 bits per heavy atom. The van der Waals surface area contributed by atoms with Gasteiger partial charge in [0.2, 0.25) is 11.9 Å².